The largest absolute Gasteiger partial charge is 0.465 e. The van der Waals surface area contributed by atoms with Gasteiger partial charge in [0.05, 0.1) is 36.8 Å². The summed E-state index contributed by atoms with van der Waals surface area (Å²) in [7, 11) is 2.49. The molecule has 10 nitrogen and oxygen atoms in total. The molecule has 4 rings (SSSR count). The van der Waals surface area contributed by atoms with E-state index in [0.717, 1.165) is 4.88 Å². The van der Waals surface area contributed by atoms with E-state index in [1.54, 1.807) is 11.3 Å². The van der Waals surface area contributed by atoms with Crippen molar-refractivity contribution in [1.29, 1.82) is 0 Å². The van der Waals surface area contributed by atoms with Gasteiger partial charge >= 0.3 is 11.9 Å². The lowest BCUT2D eigenvalue weighted by Gasteiger charge is -2.30. The summed E-state index contributed by atoms with van der Waals surface area (Å²) in [5.74, 6) is -0.476. The van der Waals surface area contributed by atoms with Crippen LogP contribution in [0.2, 0.25) is 0 Å². The van der Waals surface area contributed by atoms with Gasteiger partial charge in [-0.2, -0.15) is 4.98 Å². The summed E-state index contributed by atoms with van der Waals surface area (Å²) < 4.78 is 14.8. The van der Waals surface area contributed by atoms with E-state index < -0.39 is 11.9 Å². The number of piperidine rings is 1. The van der Waals surface area contributed by atoms with Gasteiger partial charge in [-0.05, 0) is 55.6 Å². The summed E-state index contributed by atoms with van der Waals surface area (Å²) in [6.07, 6.45) is 1.30. The molecule has 1 fully saturated rings. The lowest BCUT2D eigenvalue weighted by atomic mass is 9.95. The number of anilines is 1. The van der Waals surface area contributed by atoms with Crippen molar-refractivity contribution < 1.29 is 28.4 Å². The Hall–Kier alpha value is -3.57. The number of likely N-dealkylation sites (tertiary alicyclic amines) is 1. The number of carbonyl (C=O) groups is 3. The second-order valence-electron chi connectivity index (χ2n) is 7.81. The van der Waals surface area contributed by atoms with Crippen molar-refractivity contribution in [3.8, 4) is 10.7 Å². The maximum atomic E-state index is 12.9. The van der Waals surface area contributed by atoms with Crippen LogP contribution in [-0.4, -0.2) is 60.2 Å². The monoisotopic (exact) mass is 484 g/mol. The zero-order valence-electron chi connectivity index (χ0n) is 18.8. The summed E-state index contributed by atoms with van der Waals surface area (Å²) in [5.41, 5.74) is 0.636. The highest BCUT2D eigenvalue weighted by atomic mass is 32.1. The number of nitrogens with zero attached hydrogens (tertiary/aromatic N) is 3. The van der Waals surface area contributed by atoms with E-state index in [4.69, 9.17) is 14.0 Å². The number of carbonyl (C=O) groups excluding carboxylic acids is 3. The third-order valence-electron chi connectivity index (χ3n) is 5.57. The minimum atomic E-state index is -0.613. The molecule has 0 unspecified atom stereocenters. The van der Waals surface area contributed by atoms with Gasteiger partial charge in [-0.15, -0.1) is 11.3 Å². The number of thiophene rings is 1. The Bertz CT molecular complexity index is 1130. The molecule has 0 aliphatic carbocycles. The summed E-state index contributed by atoms with van der Waals surface area (Å²) in [6, 6.07) is 8.21. The van der Waals surface area contributed by atoms with E-state index in [1.807, 2.05) is 17.5 Å². The van der Waals surface area contributed by atoms with Crippen molar-refractivity contribution in [2.45, 2.75) is 19.4 Å². The van der Waals surface area contributed by atoms with Gasteiger partial charge in [0.25, 0.3) is 0 Å². The van der Waals surface area contributed by atoms with Gasteiger partial charge in [-0.25, -0.2) is 9.59 Å². The van der Waals surface area contributed by atoms with E-state index in [2.05, 4.69) is 20.4 Å². The number of esters is 2. The number of nitrogens with one attached hydrogen (secondary N) is 1. The van der Waals surface area contributed by atoms with Crippen molar-refractivity contribution in [3.63, 3.8) is 0 Å². The van der Waals surface area contributed by atoms with Gasteiger partial charge in [0.15, 0.2) is 0 Å². The normalized spacial score (nSPS) is 14.5. The number of hydrogen-bond donors (Lipinski definition) is 1. The standard InChI is InChI=1S/C23H24N4O6S/c1-31-22(29)15-10-16(23(30)32-2)12-17(11-15)24-21(28)14-5-7-27(8-6-14)13-19-25-20(26-33-19)18-4-3-9-34-18/h3-4,9-12,14H,5-8,13H2,1-2H3,(H,24,28). The lowest BCUT2D eigenvalue weighted by Crippen LogP contribution is -2.37. The van der Waals surface area contributed by atoms with Crippen LogP contribution >= 0.6 is 11.3 Å². The molecule has 1 amide bonds. The second-order valence-corrected chi connectivity index (χ2v) is 8.76. The molecule has 1 aliphatic heterocycles. The molecular formula is C23H24N4O6S. The molecule has 34 heavy (non-hydrogen) atoms. The Morgan fingerprint density at radius 3 is 2.38 bits per heavy atom. The molecule has 0 spiro atoms. The third-order valence-corrected chi connectivity index (χ3v) is 6.44. The first-order valence-corrected chi connectivity index (χ1v) is 11.6. The number of amides is 1. The lowest BCUT2D eigenvalue weighted by molar-refractivity contribution is -0.121. The third kappa shape index (κ3) is 5.49. The quantitative estimate of drug-likeness (QED) is 0.503. The first-order chi connectivity index (χ1) is 16.5. The summed E-state index contributed by atoms with van der Waals surface area (Å²) >= 11 is 1.55. The first kappa shape index (κ1) is 23.6. The van der Waals surface area contributed by atoms with Crippen LogP contribution in [0.4, 0.5) is 5.69 Å². The molecule has 2 aromatic heterocycles. The van der Waals surface area contributed by atoms with E-state index in [-0.39, 0.29) is 23.0 Å². The number of ether oxygens (including phenoxy) is 2. The van der Waals surface area contributed by atoms with Crippen LogP contribution in [0.3, 0.4) is 0 Å². The van der Waals surface area contributed by atoms with Crippen LogP contribution in [0.1, 0.15) is 39.4 Å². The smallest absolute Gasteiger partial charge is 0.337 e. The highest BCUT2D eigenvalue weighted by Gasteiger charge is 2.27. The number of rotatable bonds is 7. The highest BCUT2D eigenvalue weighted by Crippen LogP contribution is 2.24. The maximum Gasteiger partial charge on any atom is 0.337 e. The maximum absolute atomic E-state index is 12.9. The second kappa shape index (κ2) is 10.6. The van der Waals surface area contributed by atoms with E-state index in [0.29, 0.717) is 49.9 Å². The minimum Gasteiger partial charge on any atom is -0.465 e. The van der Waals surface area contributed by atoms with Crippen LogP contribution in [0.15, 0.2) is 40.2 Å². The van der Waals surface area contributed by atoms with Crippen molar-refractivity contribution in [1.82, 2.24) is 15.0 Å². The fourth-order valence-electron chi connectivity index (χ4n) is 3.78. The molecule has 3 aromatic rings. The van der Waals surface area contributed by atoms with Crippen LogP contribution in [0, 0.1) is 5.92 Å². The predicted molar refractivity (Wildman–Crippen MR) is 123 cm³/mol. The number of benzene rings is 1. The Morgan fingerprint density at radius 1 is 1.12 bits per heavy atom. The molecule has 1 aromatic carbocycles. The van der Waals surface area contributed by atoms with Gasteiger partial charge in [0.1, 0.15) is 0 Å². The van der Waals surface area contributed by atoms with Crippen molar-refractivity contribution in [2.75, 3.05) is 32.6 Å². The topological polar surface area (TPSA) is 124 Å². The Kier molecular flexibility index (Phi) is 7.33. The van der Waals surface area contributed by atoms with Gasteiger partial charge in [0, 0.05) is 11.6 Å². The van der Waals surface area contributed by atoms with Gasteiger partial charge in [-0.3, -0.25) is 9.69 Å². The van der Waals surface area contributed by atoms with E-state index in [1.165, 1.54) is 32.4 Å². The Balaban J connectivity index is 1.34. The average Bonchev–Trinajstić information content (AvgIpc) is 3.55. The molecule has 3 heterocycles. The van der Waals surface area contributed by atoms with Crippen molar-refractivity contribution in [3.05, 3.63) is 52.7 Å². The van der Waals surface area contributed by atoms with Gasteiger partial charge in [0.2, 0.25) is 17.6 Å². The van der Waals surface area contributed by atoms with E-state index in [9.17, 15) is 14.4 Å². The predicted octanol–water partition coefficient (Wildman–Crippen LogP) is 3.22. The molecule has 0 saturated carbocycles. The van der Waals surface area contributed by atoms with Crippen LogP contribution in [0.25, 0.3) is 10.7 Å². The zero-order chi connectivity index (χ0) is 24.1. The SMILES string of the molecule is COC(=O)c1cc(NC(=O)C2CCN(Cc3nc(-c4cccs4)no3)CC2)cc(C(=O)OC)c1. The Morgan fingerprint density at radius 2 is 1.79 bits per heavy atom. The summed E-state index contributed by atoms with van der Waals surface area (Å²) in [4.78, 5) is 44.4. The van der Waals surface area contributed by atoms with Crippen molar-refractivity contribution >= 4 is 34.9 Å². The summed E-state index contributed by atoms with van der Waals surface area (Å²) in [6.45, 7) is 1.92. The fourth-order valence-corrected chi connectivity index (χ4v) is 4.43. The molecule has 1 saturated heterocycles. The fraction of sp³-hybridized carbons (Fsp3) is 0.348. The molecule has 1 N–H and O–H groups in total. The first-order valence-electron chi connectivity index (χ1n) is 10.7. The minimum absolute atomic E-state index is 0.150. The zero-order valence-corrected chi connectivity index (χ0v) is 19.6. The molecule has 0 atom stereocenters. The molecule has 178 valence electrons. The molecule has 0 bridgehead atoms. The highest BCUT2D eigenvalue weighted by molar-refractivity contribution is 7.13. The summed E-state index contributed by atoms with van der Waals surface area (Å²) in [5, 5.41) is 8.82. The van der Waals surface area contributed by atoms with Crippen LogP contribution in [0.5, 0.6) is 0 Å². The number of aromatic nitrogens is 2. The Labute approximate surface area is 199 Å². The molecular weight excluding hydrogens is 460 g/mol. The number of hydrogen-bond acceptors (Lipinski definition) is 10. The molecule has 0 radical (unpaired) electrons. The van der Waals surface area contributed by atoms with Crippen molar-refractivity contribution in [2.24, 2.45) is 5.92 Å². The van der Waals surface area contributed by atoms with Crippen LogP contribution < -0.4 is 5.32 Å². The average molecular weight is 485 g/mol. The van der Waals surface area contributed by atoms with Crippen LogP contribution in [-0.2, 0) is 20.8 Å². The number of methoxy groups -OCH3 is 2. The molecule has 11 heteroatoms. The van der Waals surface area contributed by atoms with Gasteiger partial charge < -0.3 is 19.3 Å². The van der Waals surface area contributed by atoms with E-state index >= 15 is 0 Å². The molecule has 1 aliphatic rings. The van der Waals surface area contributed by atoms with Gasteiger partial charge in [-0.1, -0.05) is 11.2 Å².